The summed E-state index contributed by atoms with van der Waals surface area (Å²) in [5, 5.41) is 11.1. The first kappa shape index (κ1) is 14.2. The van der Waals surface area contributed by atoms with Crippen LogP contribution in [0.25, 0.3) is 0 Å². The Kier molecular flexibility index (Phi) is 4.14. The summed E-state index contributed by atoms with van der Waals surface area (Å²) in [6.07, 6.45) is 1.62. The first-order valence-corrected chi connectivity index (χ1v) is 6.34. The minimum absolute atomic E-state index is 0.0216. The van der Waals surface area contributed by atoms with Crippen LogP contribution >= 0.6 is 0 Å². The van der Waals surface area contributed by atoms with Crippen molar-refractivity contribution in [2.75, 3.05) is 37.6 Å². The van der Waals surface area contributed by atoms with Crippen LogP contribution in [0.2, 0.25) is 0 Å². The van der Waals surface area contributed by atoms with Crippen molar-refractivity contribution in [1.82, 2.24) is 9.88 Å². The van der Waals surface area contributed by atoms with E-state index in [2.05, 4.69) is 4.98 Å². The molecule has 8 nitrogen and oxygen atoms in total. The van der Waals surface area contributed by atoms with E-state index in [4.69, 9.17) is 5.73 Å². The highest BCUT2D eigenvalue weighted by Gasteiger charge is 2.25. The summed E-state index contributed by atoms with van der Waals surface area (Å²) < 4.78 is 0. The number of pyridine rings is 1. The molecule has 1 amide bonds. The third-order valence-corrected chi connectivity index (χ3v) is 3.23. The molecule has 0 atom stereocenters. The lowest BCUT2D eigenvalue weighted by Crippen LogP contribution is -2.49. The predicted molar refractivity (Wildman–Crippen MR) is 73.5 cm³/mol. The molecule has 2 heterocycles. The van der Waals surface area contributed by atoms with Crippen LogP contribution in [-0.2, 0) is 4.79 Å². The highest BCUT2D eigenvalue weighted by molar-refractivity contribution is 5.76. The second-order valence-electron chi connectivity index (χ2n) is 4.84. The largest absolute Gasteiger partial charge is 0.369 e. The minimum Gasteiger partial charge on any atom is -0.369 e. The maximum absolute atomic E-state index is 11.1. The minimum atomic E-state index is -0.412. The van der Waals surface area contributed by atoms with Gasteiger partial charge < -0.3 is 10.6 Å². The SMILES string of the molecule is Cc1cnc(N2CCN(CC(N)=O)CC2)c([N+](=O)[O-])c1. The molecule has 108 valence electrons. The lowest BCUT2D eigenvalue weighted by molar-refractivity contribution is -0.384. The van der Waals surface area contributed by atoms with Crippen molar-refractivity contribution in [3.63, 3.8) is 0 Å². The Balaban J connectivity index is 2.11. The summed E-state index contributed by atoms with van der Waals surface area (Å²) in [5.74, 6) is 0.0252. The maximum atomic E-state index is 11.1. The molecule has 1 saturated heterocycles. The van der Waals surface area contributed by atoms with Gasteiger partial charge in [-0.15, -0.1) is 0 Å². The van der Waals surface area contributed by atoms with Crippen molar-refractivity contribution in [3.8, 4) is 0 Å². The van der Waals surface area contributed by atoms with Crippen molar-refractivity contribution in [2.24, 2.45) is 5.73 Å². The monoisotopic (exact) mass is 279 g/mol. The lowest BCUT2D eigenvalue weighted by Gasteiger charge is -2.34. The smallest absolute Gasteiger partial charge is 0.311 e. The van der Waals surface area contributed by atoms with Crippen molar-refractivity contribution in [3.05, 3.63) is 27.9 Å². The normalized spacial score (nSPS) is 16.1. The van der Waals surface area contributed by atoms with E-state index < -0.39 is 4.92 Å². The molecule has 2 rings (SSSR count). The number of carbonyl (C=O) groups excluding carboxylic acids is 1. The molecule has 1 aromatic heterocycles. The van der Waals surface area contributed by atoms with Crippen LogP contribution in [0.15, 0.2) is 12.3 Å². The summed E-state index contributed by atoms with van der Waals surface area (Å²) in [6, 6.07) is 1.53. The Hall–Kier alpha value is -2.22. The first-order valence-electron chi connectivity index (χ1n) is 6.34. The van der Waals surface area contributed by atoms with Crippen LogP contribution in [-0.4, -0.2) is 53.4 Å². The molecule has 0 radical (unpaired) electrons. The molecule has 2 N–H and O–H groups in total. The fourth-order valence-electron chi connectivity index (χ4n) is 2.26. The molecule has 0 aromatic carbocycles. The number of aryl methyl sites for hydroxylation is 1. The van der Waals surface area contributed by atoms with Crippen LogP contribution < -0.4 is 10.6 Å². The van der Waals surface area contributed by atoms with Gasteiger partial charge >= 0.3 is 5.69 Å². The summed E-state index contributed by atoms with van der Waals surface area (Å²) in [4.78, 5) is 29.5. The molecule has 0 saturated carbocycles. The molecule has 1 fully saturated rings. The molecule has 8 heteroatoms. The standard InChI is InChI=1S/C12H17N5O3/c1-9-6-10(17(19)20)12(14-7-9)16-4-2-15(3-5-16)8-11(13)18/h6-7H,2-5,8H2,1H3,(H2,13,18). The average molecular weight is 279 g/mol. The number of primary amides is 1. The van der Waals surface area contributed by atoms with Crippen LogP contribution in [0, 0.1) is 17.0 Å². The van der Waals surface area contributed by atoms with E-state index in [-0.39, 0.29) is 18.1 Å². The van der Waals surface area contributed by atoms with Gasteiger partial charge in [-0.2, -0.15) is 0 Å². The highest BCUT2D eigenvalue weighted by atomic mass is 16.6. The molecular weight excluding hydrogens is 262 g/mol. The van der Waals surface area contributed by atoms with Gasteiger partial charge in [0.05, 0.1) is 11.5 Å². The summed E-state index contributed by atoms with van der Waals surface area (Å²) in [6.45, 7) is 4.44. The van der Waals surface area contributed by atoms with Crippen molar-refractivity contribution < 1.29 is 9.72 Å². The van der Waals surface area contributed by atoms with E-state index in [0.29, 0.717) is 32.0 Å². The molecule has 0 bridgehead atoms. The van der Waals surface area contributed by atoms with Gasteiger partial charge in [-0.05, 0) is 12.5 Å². The number of carbonyl (C=O) groups is 1. The molecule has 20 heavy (non-hydrogen) atoms. The van der Waals surface area contributed by atoms with Gasteiger partial charge in [0.2, 0.25) is 11.7 Å². The second-order valence-corrected chi connectivity index (χ2v) is 4.84. The fourth-order valence-corrected chi connectivity index (χ4v) is 2.26. The van der Waals surface area contributed by atoms with Gasteiger partial charge in [0.15, 0.2) is 0 Å². The summed E-state index contributed by atoms with van der Waals surface area (Å²) in [7, 11) is 0. The summed E-state index contributed by atoms with van der Waals surface area (Å²) in [5.41, 5.74) is 5.93. The third-order valence-electron chi connectivity index (χ3n) is 3.23. The van der Waals surface area contributed by atoms with Crippen LogP contribution in [0.5, 0.6) is 0 Å². The first-order chi connectivity index (χ1) is 9.47. The zero-order valence-electron chi connectivity index (χ0n) is 11.3. The maximum Gasteiger partial charge on any atom is 0.311 e. The zero-order chi connectivity index (χ0) is 14.7. The van der Waals surface area contributed by atoms with Gasteiger partial charge in [0, 0.05) is 38.4 Å². The number of aromatic nitrogens is 1. The van der Waals surface area contributed by atoms with E-state index in [1.54, 1.807) is 13.1 Å². The number of nitrogens with zero attached hydrogens (tertiary/aromatic N) is 4. The molecule has 1 aliphatic rings. The number of anilines is 1. The van der Waals surface area contributed by atoms with E-state index in [1.165, 1.54) is 6.07 Å². The Morgan fingerprint density at radius 2 is 2.10 bits per heavy atom. The van der Waals surface area contributed by atoms with Crippen LogP contribution in [0.3, 0.4) is 0 Å². The zero-order valence-corrected chi connectivity index (χ0v) is 11.3. The van der Waals surface area contributed by atoms with Crippen LogP contribution in [0.1, 0.15) is 5.56 Å². The quantitative estimate of drug-likeness (QED) is 0.609. The number of piperazine rings is 1. The Labute approximate surface area is 116 Å². The second kappa shape index (κ2) is 5.83. The number of hydrogen-bond acceptors (Lipinski definition) is 6. The fraction of sp³-hybridized carbons (Fsp3) is 0.500. The number of rotatable bonds is 4. The van der Waals surface area contributed by atoms with Crippen LogP contribution in [0.4, 0.5) is 11.5 Å². The van der Waals surface area contributed by atoms with Crippen molar-refractivity contribution >= 4 is 17.4 Å². The molecule has 1 aliphatic heterocycles. The number of amides is 1. The van der Waals surface area contributed by atoms with E-state index >= 15 is 0 Å². The van der Waals surface area contributed by atoms with Gasteiger partial charge in [-0.25, -0.2) is 4.98 Å². The average Bonchev–Trinajstić information content (AvgIpc) is 2.39. The number of nitro groups is 1. The van der Waals surface area contributed by atoms with E-state index in [1.807, 2.05) is 9.80 Å². The Morgan fingerprint density at radius 3 is 2.65 bits per heavy atom. The van der Waals surface area contributed by atoms with Gasteiger partial charge in [-0.1, -0.05) is 0 Å². The van der Waals surface area contributed by atoms with Gasteiger partial charge in [-0.3, -0.25) is 19.8 Å². The number of hydrogen-bond donors (Lipinski definition) is 1. The Morgan fingerprint density at radius 1 is 1.45 bits per heavy atom. The van der Waals surface area contributed by atoms with Gasteiger partial charge in [0.1, 0.15) is 0 Å². The molecule has 1 aromatic rings. The summed E-state index contributed by atoms with van der Waals surface area (Å²) >= 11 is 0. The molecule has 0 aliphatic carbocycles. The third kappa shape index (κ3) is 3.21. The van der Waals surface area contributed by atoms with Gasteiger partial charge in [0.25, 0.3) is 0 Å². The number of nitrogens with two attached hydrogens (primary N) is 1. The van der Waals surface area contributed by atoms with E-state index in [9.17, 15) is 14.9 Å². The topological polar surface area (TPSA) is 106 Å². The molecule has 0 spiro atoms. The lowest BCUT2D eigenvalue weighted by atomic mass is 10.2. The molecular formula is C12H17N5O3. The molecule has 0 unspecified atom stereocenters. The van der Waals surface area contributed by atoms with E-state index in [0.717, 1.165) is 5.56 Å². The van der Waals surface area contributed by atoms with Crippen molar-refractivity contribution in [2.45, 2.75) is 6.92 Å². The van der Waals surface area contributed by atoms with Crippen molar-refractivity contribution in [1.29, 1.82) is 0 Å². The Bertz CT molecular complexity index is 526. The predicted octanol–water partition coefficient (Wildman–Crippen LogP) is -0.0945. The highest BCUT2D eigenvalue weighted by Crippen LogP contribution is 2.27.